The normalized spacial score (nSPS) is 14.4. The van der Waals surface area contributed by atoms with Gasteiger partial charge in [0.1, 0.15) is 0 Å². The van der Waals surface area contributed by atoms with Crippen molar-refractivity contribution in [3.05, 3.63) is 29.8 Å². The smallest absolute Gasteiger partial charge is 0.335 e. The van der Waals surface area contributed by atoms with Gasteiger partial charge in [-0.05, 0) is 24.3 Å². The van der Waals surface area contributed by atoms with Crippen LogP contribution in [0.1, 0.15) is 10.4 Å². The van der Waals surface area contributed by atoms with Crippen molar-refractivity contribution in [1.82, 2.24) is 0 Å². The molecule has 0 amide bonds. The Morgan fingerprint density at radius 3 is 2.21 bits per heavy atom. The van der Waals surface area contributed by atoms with Gasteiger partial charge in [0, 0.05) is 18.2 Å². The number of carboxylic acids is 1. The molecule has 14 heavy (non-hydrogen) atoms. The molecule has 0 heterocycles. The fraction of sp³-hybridized carbons (Fsp3) is 0.222. The van der Waals surface area contributed by atoms with Gasteiger partial charge in [0.05, 0.1) is 15.3 Å². The van der Waals surface area contributed by atoms with E-state index in [1.807, 2.05) is 0 Å². The summed E-state index contributed by atoms with van der Waals surface area (Å²) in [6, 6.07) is 5.90. The molecule has 1 aromatic carbocycles. The number of aromatic carboxylic acids is 1. The van der Waals surface area contributed by atoms with Crippen LogP contribution in [0.3, 0.4) is 0 Å². The van der Waals surface area contributed by atoms with Gasteiger partial charge in [0.15, 0.2) is 0 Å². The third-order valence-electron chi connectivity index (χ3n) is 1.89. The van der Waals surface area contributed by atoms with Crippen LogP contribution in [0.4, 0.5) is 0 Å². The fourth-order valence-electron chi connectivity index (χ4n) is 0.955. The second-order valence-corrected chi connectivity index (χ2v) is 5.26. The lowest BCUT2D eigenvalue weighted by molar-refractivity contribution is 0.0697. The van der Waals surface area contributed by atoms with Crippen LogP contribution in [0.5, 0.6) is 0 Å². The zero-order valence-electron chi connectivity index (χ0n) is 7.93. The maximum absolute atomic E-state index is 11.7. The second-order valence-electron chi connectivity index (χ2n) is 2.81. The van der Waals surface area contributed by atoms with Crippen molar-refractivity contribution < 1.29 is 14.1 Å². The summed E-state index contributed by atoms with van der Waals surface area (Å²) in [7, 11) is -0.879. The average molecular weight is 213 g/mol. The molecule has 0 aliphatic carbocycles. The van der Waals surface area contributed by atoms with Crippen LogP contribution in [-0.2, 0) is 9.73 Å². The fourth-order valence-corrected chi connectivity index (χ4v) is 1.81. The summed E-state index contributed by atoms with van der Waals surface area (Å²) in [5.74, 6) is -0.993. The lowest BCUT2D eigenvalue weighted by Crippen LogP contribution is -2.00. The minimum atomic E-state index is -2.36. The lowest BCUT2D eigenvalue weighted by atomic mass is 10.2. The summed E-state index contributed by atoms with van der Waals surface area (Å²) in [6.07, 6.45) is 1.52. The summed E-state index contributed by atoms with van der Waals surface area (Å²) in [5.41, 5.74) is 0.181. The Labute approximate surface area is 82.8 Å². The number of carboxylic acid groups (broad SMARTS) is 1. The predicted octanol–water partition coefficient (Wildman–Crippen LogP) is 1.47. The predicted molar refractivity (Wildman–Crippen MR) is 54.1 cm³/mol. The molecule has 1 rings (SSSR count). The van der Waals surface area contributed by atoms with E-state index in [1.54, 1.807) is 0 Å². The first kappa shape index (κ1) is 10.7. The molecule has 0 aliphatic rings. The highest BCUT2D eigenvalue weighted by atomic mass is 32.2. The van der Waals surface area contributed by atoms with Crippen LogP contribution >= 0.6 is 0 Å². The molecular weight excluding hydrogens is 202 g/mol. The summed E-state index contributed by atoms with van der Waals surface area (Å²) in [6.45, 7) is 0. The van der Waals surface area contributed by atoms with E-state index < -0.39 is 15.7 Å². The molecular formula is C9H11NO3S. The largest absolute Gasteiger partial charge is 0.478 e. The first-order valence-electron chi connectivity index (χ1n) is 3.91. The third-order valence-corrected chi connectivity index (χ3v) is 3.73. The van der Waals surface area contributed by atoms with E-state index in [2.05, 4.69) is 4.36 Å². The van der Waals surface area contributed by atoms with Gasteiger partial charge >= 0.3 is 5.97 Å². The zero-order chi connectivity index (χ0) is 10.8. The molecule has 0 unspecified atom stereocenters. The maximum atomic E-state index is 11.7. The highest BCUT2D eigenvalue weighted by molar-refractivity contribution is 7.93. The standard InChI is InChI=1S/C9H11NO3S/c1-10-14(2,13)8-5-3-7(4-6-8)9(11)12/h3-6H,1-2H3,(H,11,12)/t14-/m0/s1. The van der Waals surface area contributed by atoms with E-state index in [1.165, 1.54) is 37.6 Å². The molecule has 1 aromatic rings. The molecule has 0 aromatic heterocycles. The van der Waals surface area contributed by atoms with Crippen molar-refractivity contribution in [2.24, 2.45) is 4.36 Å². The number of rotatable bonds is 2. The van der Waals surface area contributed by atoms with Gasteiger partial charge in [-0.2, -0.15) is 0 Å². The van der Waals surface area contributed by atoms with Crippen LogP contribution in [-0.4, -0.2) is 28.6 Å². The number of hydrogen-bond acceptors (Lipinski definition) is 3. The zero-order valence-corrected chi connectivity index (χ0v) is 8.75. The van der Waals surface area contributed by atoms with E-state index >= 15 is 0 Å². The topological polar surface area (TPSA) is 66.7 Å². The monoisotopic (exact) mass is 213 g/mol. The molecule has 0 fully saturated rings. The van der Waals surface area contributed by atoms with Crippen LogP contribution in [0.2, 0.25) is 0 Å². The van der Waals surface area contributed by atoms with Gasteiger partial charge in [-0.3, -0.25) is 0 Å². The van der Waals surface area contributed by atoms with E-state index in [9.17, 15) is 9.00 Å². The van der Waals surface area contributed by atoms with Gasteiger partial charge in [0.25, 0.3) is 0 Å². The Morgan fingerprint density at radius 1 is 1.36 bits per heavy atom. The van der Waals surface area contributed by atoms with Crippen molar-refractivity contribution in [3.8, 4) is 0 Å². The number of carbonyl (C=O) groups is 1. The first-order valence-corrected chi connectivity index (χ1v) is 5.83. The Kier molecular flexibility index (Phi) is 2.90. The lowest BCUT2D eigenvalue weighted by Gasteiger charge is -2.02. The second kappa shape index (κ2) is 3.79. The molecule has 1 N–H and O–H groups in total. The molecule has 0 bridgehead atoms. The number of nitrogens with zero attached hydrogens (tertiary/aromatic N) is 1. The Bertz CT molecular complexity index is 455. The highest BCUT2D eigenvalue weighted by Crippen LogP contribution is 2.12. The van der Waals surface area contributed by atoms with Gasteiger partial charge in [-0.15, -0.1) is 0 Å². The molecule has 0 radical (unpaired) electrons. The maximum Gasteiger partial charge on any atom is 0.335 e. The number of hydrogen-bond donors (Lipinski definition) is 1. The molecule has 0 saturated heterocycles. The third kappa shape index (κ3) is 2.11. The van der Waals surface area contributed by atoms with Crippen LogP contribution in [0.15, 0.2) is 33.5 Å². The van der Waals surface area contributed by atoms with Crippen LogP contribution in [0.25, 0.3) is 0 Å². The van der Waals surface area contributed by atoms with Gasteiger partial charge < -0.3 is 5.11 Å². The van der Waals surface area contributed by atoms with Crippen molar-refractivity contribution >= 4 is 15.7 Å². The number of benzene rings is 1. The molecule has 76 valence electrons. The van der Waals surface area contributed by atoms with Crippen LogP contribution < -0.4 is 0 Å². The van der Waals surface area contributed by atoms with Crippen molar-refractivity contribution in [2.75, 3.05) is 13.3 Å². The first-order chi connectivity index (χ1) is 6.47. The summed E-state index contributed by atoms with van der Waals surface area (Å²) >= 11 is 0. The molecule has 0 spiro atoms. The summed E-state index contributed by atoms with van der Waals surface area (Å²) < 4.78 is 15.5. The quantitative estimate of drug-likeness (QED) is 0.809. The SMILES string of the molecule is CN=[S@@](C)(=O)c1ccc(C(=O)O)cc1. The average Bonchev–Trinajstić information content (AvgIpc) is 2.18. The molecule has 4 nitrogen and oxygen atoms in total. The van der Waals surface area contributed by atoms with Gasteiger partial charge in [-0.1, -0.05) is 0 Å². The minimum Gasteiger partial charge on any atom is -0.478 e. The highest BCUT2D eigenvalue weighted by Gasteiger charge is 2.06. The molecule has 5 heteroatoms. The van der Waals surface area contributed by atoms with E-state index in [-0.39, 0.29) is 5.56 Å². The van der Waals surface area contributed by atoms with Crippen molar-refractivity contribution in [2.45, 2.75) is 4.90 Å². The van der Waals surface area contributed by atoms with Gasteiger partial charge in [-0.25, -0.2) is 13.4 Å². The van der Waals surface area contributed by atoms with E-state index in [0.717, 1.165) is 0 Å². The van der Waals surface area contributed by atoms with Crippen molar-refractivity contribution in [1.29, 1.82) is 0 Å². The van der Waals surface area contributed by atoms with E-state index in [0.29, 0.717) is 4.90 Å². The van der Waals surface area contributed by atoms with Crippen LogP contribution in [0, 0.1) is 0 Å². The summed E-state index contributed by atoms with van der Waals surface area (Å²) in [5, 5.41) is 8.64. The Hall–Kier alpha value is -1.36. The van der Waals surface area contributed by atoms with E-state index in [4.69, 9.17) is 5.11 Å². The molecule has 0 aliphatic heterocycles. The molecule has 1 atom stereocenters. The Balaban J connectivity index is 3.19. The van der Waals surface area contributed by atoms with Gasteiger partial charge in [0.2, 0.25) is 0 Å². The van der Waals surface area contributed by atoms with Crippen molar-refractivity contribution in [3.63, 3.8) is 0 Å². The Morgan fingerprint density at radius 2 is 1.86 bits per heavy atom. The molecule has 0 saturated carbocycles. The minimum absolute atomic E-state index is 0.181. The summed E-state index contributed by atoms with van der Waals surface area (Å²) in [4.78, 5) is 11.1.